The van der Waals surface area contributed by atoms with E-state index in [9.17, 15) is 0 Å². The van der Waals surface area contributed by atoms with Crippen LogP contribution in [0.2, 0.25) is 0 Å². The second kappa shape index (κ2) is 12.7. The molecule has 4 nitrogen and oxygen atoms in total. The first-order chi connectivity index (χ1) is 24.7. The summed E-state index contributed by atoms with van der Waals surface area (Å²) in [5, 5.41) is 4.93. The molecule has 0 fully saturated rings. The zero-order chi connectivity index (χ0) is 33.6. The topological polar surface area (TPSA) is 64.9 Å². The van der Waals surface area contributed by atoms with Gasteiger partial charge in [-0.3, -0.25) is 0 Å². The minimum atomic E-state index is 0.672. The van der Waals surface area contributed by atoms with Crippen molar-refractivity contribution in [2.75, 3.05) is 0 Å². The maximum atomic E-state index is 6.79. The summed E-state index contributed by atoms with van der Waals surface area (Å²) in [5.41, 5.74) is 17.8. The van der Waals surface area contributed by atoms with Gasteiger partial charge in [-0.2, -0.15) is 0 Å². The van der Waals surface area contributed by atoms with E-state index in [-0.39, 0.29) is 0 Å². The van der Waals surface area contributed by atoms with Crippen LogP contribution >= 0.6 is 11.3 Å². The Hall–Kier alpha value is -5.52. The van der Waals surface area contributed by atoms with Crippen molar-refractivity contribution in [3.05, 3.63) is 153 Å². The smallest absolute Gasteiger partial charge is 0.160 e. The van der Waals surface area contributed by atoms with Gasteiger partial charge in [0.15, 0.2) is 5.82 Å². The Morgan fingerprint density at radius 1 is 0.840 bits per heavy atom. The van der Waals surface area contributed by atoms with Crippen LogP contribution < -0.4 is 15.5 Å². The van der Waals surface area contributed by atoms with Crippen LogP contribution in [0, 0.1) is 0 Å². The lowest BCUT2D eigenvalue weighted by molar-refractivity contribution is 0.667. The number of rotatable bonds is 6. The fraction of sp³-hybridized carbons (Fsp3) is 0.156. The summed E-state index contributed by atoms with van der Waals surface area (Å²) in [6.45, 7) is 2.01. The molecule has 2 N–H and O–H groups in total. The Bertz CT molecular complexity index is 2670. The predicted molar refractivity (Wildman–Crippen MR) is 211 cm³/mol. The van der Waals surface area contributed by atoms with E-state index in [4.69, 9.17) is 20.1 Å². The summed E-state index contributed by atoms with van der Waals surface area (Å²) in [4.78, 5) is 10.3. The van der Waals surface area contributed by atoms with Crippen LogP contribution in [0.1, 0.15) is 62.4 Å². The largest absolute Gasteiger partial charge is 0.455 e. The number of para-hydroxylation sites is 1. The van der Waals surface area contributed by atoms with Crippen molar-refractivity contribution in [1.29, 1.82) is 0 Å². The number of aromatic nitrogens is 2. The second-order valence-corrected chi connectivity index (χ2v) is 14.2. The number of hydrogen-bond acceptors (Lipinski definition) is 5. The van der Waals surface area contributed by atoms with Crippen LogP contribution in [0.15, 0.2) is 131 Å². The number of nitrogens with two attached hydrogens (primary N) is 1. The fourth-order valence-corrected chi connectivity index (χ4v) is 8.96. The molecule has 3 aliphatic carbocycles. The van der Waals surface area contributed by atoms with Gasteiger partial charge in [0.1, 0.15) is 11.2 Å². The summed E-state index contributed by atoms with van der Waals surface area (Å²) in [5.74, 6) is 0.672. The van der Waals surface area contributed by atoms with Crippen LogP contribution in [-0.4, -0.2) is 9.97 Å². The van der Waals surface area contributed by atoms with Gasteiger partial charge in [0, 0.05) is 31.1 Å². The van der Waals surface area contributed by atoms with Crippen molar-refractivity contribution in [3.8, 4) is 11.4 Å². The summed E-state index contributed by atoms with van der Waals surface area (Å²) in [6.07, 6.45) is 25.5. The van der Waals surface area contributed by atoms with Gasteiger partial charge in [0.2, 0.25) is 0 Å². The van der Waals surface area contributed by atoms with Crippen LogP contribution in [-0.2, 0) is 0 Å². The molecule has 0 saturated heterocycles. The maximum absolute atomic E-state index is 6.79. The quantitative estimate of drug-likeness (QED) is 0.180. The van der Waals surface area contributed by atoms with E-state index in [1.807, 2.05) is 30.4 Å². The molecule has 0 spiro atoms. The van der Waals surface area contributed by atoms with E-state index in [1.54, 1.807) is 6.20 Å². The van der Waals surface area contributed by atoms with Crippen LogP contribution in [0.4, 0.5) is 0 Å². The minimum absolute atomic E-state index is 0.672. The highest BCUT2D eigenvalue weighted by Gasteiger charge is 2.20. The van der Waals surface area contributed by atoms with E-state index in [1.165, 1.54) is 47.7 Å². The molecule has 9 rings (SSSR count). The number of furan rings is 1. The zero-order valence-corrected chi connectivity index (χ0v) is 28.9. The number of allylic oxidation sites excluding steroid dienone is 11. The van der Waals surface area contributed by atoms with Crippen molar-refractivity contribution < 1.29 is 4.42 Å². The normalized spacial score (nSPS) is 16.5. The Labute approximate surface area is 295 Å². The van der Waals surface area contributed by atoms with Gasteiger partial charge in [-0.05, 0) is 120 Å². The molecule has 3 heterocycles. The number of fused-ring (bicyclic) bond motifs is 6. The zero-order valence-electron chi connectivity index (χ0n) is 28.1. The molecule has 6 aromatic rings. The SMILES string of the molecule is C/C=C(\C=C/N)c1cc(C2=CC=C(C3=CCCC=C3)CC2)nc(-c2ccc3c(c2)oc2c(C4=c5sc6ccccc6c5=CCC4)cccc23)n1. The Morgan fingerprint density at radius 3 is 2.56 bits per heavy atom. The molecule has 0 unspecified atom stereocenters. The molecule has 0 bridgehead atoms. The van der Waals surface area contributed by atoms with Crippen LogP contribution in [0.5, 0.6) is 0 Å². The van der Waals surface area contributed by atoms with Gasteiger partial charge in [-0.1, -0.05) is 85.0 Å². The lowest BCUT2D eigenvalue weighted by Gasteiger charge is -2.18. The minimum Gasteiger partial charge on any atom is -0.455 e. The molecule has 0 radical (unpaired) electrons. The van der Waals surface area contributed by atoms with Gasteiger partial charge in [0.25, 0.3) is 0 Å². The molecule has 0 atom stereocenters. The summed E-state index contributed by atoms with van der Waals surface area (Å²) in [6, 6.07) is 23.8. The van der Waals surface area contributed by atoms with Crippen molar-refractivity contribution >= 4 is 66.2 Å². The predicted octanol–water partition coefficient (Wildman–Crippen LogP) is 10.3. The third-order valence-corrected chi connectivity index (χ3v) is 11.4. The Kier molecular flexibility index (Phi) is 7.78. The number of benzene rings is 3. The monoisotopic (exact) mass is 667 g/mol. The van der Waals surface area contributed by atoms with Gasteiger partial charge < -0.3 is 10.2 Å². The average Bonchev–Trinajstić information content (AvgIpc) is 3.75. The van der Waals surface area contributed by atoms with Crippen molar-refractivity contribution in [1.82, 2.24) is 9.97 Å². The standard InChI is InChI=1S/C45H37N3OS/c1-2-28(24-25-46)39-27-40(31-20-18-30(19-21-31)29-10-4-3-5-11-29)48-45(47-39)32-22-23-33-35-13-8-14-36(43(35)49-41(33)26-32)38-16-9-15-37-34-12-6-7-17-42(34)50-44(37)38/h2,4,6-8,10-15,17-18,20,22-27H,3,5,9,16,19,21,46H2,1H3/b25-24-,28-2+. The van der Waals surface area contributed by atoms with Crippen LogP contribution in [0.25, 0.3) is 66.2 Å². The van der Waals surface area contributed by atoms with Gasteiger partial charge in [-0.15, -0.1) is 11.3 Å². The summed E-state index contributed by atoms with van der Waals surface area (Å²) >= 11 is 1.89. The van der Waals surface area contributed by atoms with Crippen molar-refractivity contribution in [2.45, 2.75) is 45.4 Å². The molecule has 0 aliphatic heterocycles. The first kappa shape index (κ1) is 30.5. The summed E-state index contributed by atoms with van der Waals surface area (Å²) < 4.78 is 9.48. The fourth-order valence-electron chi connectivity index (χ4n) is 7.66. The molecular weight excluding hydrogens is 631 g/mol. The first-order valence-electron chi connectivity index (χ1n) is 17.6. The molecular formula is C45H37N3OS. The highest BCUT2D eigenvalue weighted by molar-refractivity contribution is 7.17. The van der Waals surface area contributed by atoms with Gasteiger partial charge >= 0.3 is 0 Å². The summed E-state index contributed by atoms with van der Waals surface area (Å²) in [7, 11) is 0. The van der Waals surface area contributed by atoms with E-state index in [2.05, 4.69) is 103 Å². The third kappa shape index (κ3) is 5.30. The van der Waals surface area contributed by atoms with E-state index in [0.717, 1.165) is 83.0 Å². The van der Waals surface area contributed by atoms with Crippen LogP contribution in [0.3, 0.4) is 0 Å². The van der Waals surface area contributed by atoms with Crippen molar-refractivity contribution in [2.24, 2.45) is 5.73 Å². The van der Waals surface area contributed by atoms with E-state index < -0.39 is 0 Å². The highest BCUT2D eigenvalue weighted by atomic mass is 32.1. The number of thiophene rings is 1. The first-order valence-corrected chi connectivity index (χ1v) is 18.4. The molecule has 0 amide bonds. The highest BCUT2D eigenvalue weighted by Crippen LogP contribution is 2.38. The molecule has 5 heteroatoms. The van der Waals surface area contributed by atoms with Gasteiger partial charge in [0.05, 0.1) is 11.4 Å². The lowest BCUT2D eigenvalue weighted by Crippen LogP contribution is -2.25. The molecule has 244 valence electrons. The second-order valence-electron chi connectivity index (χ2n) is 13.1. The van der Waals surface area contributed by atoms with Gasteiger partial charge in [-0.25, -0.2) is 9.97 Å². The lowest BCUT2D eigenvalue weighted by atomic mass is 9.89. The Balaban J connectivity index is 1.17. The third-order valence-electron chi connectivity index (χ3n) is 10.2. The Morgan fingerprint density at radius 2 is 1.72 bits per heavy atom. The average molecular weight is 668 g/mol. The van der Waals surface area contributed by atoms with E-state index >= 15 is 0 Å². The molecule has 3 aromatic heterocycles. The van der Waals surface area contributed by atoms with Crippen molar-refractivity contribution in [3.63, 3.8) is 0 Å². The molecule has 0 saturated carbocycles. The molecule has 50 heavy (non-hydrogen) atoms. The number of hydrogen-bond donors (Lipinski definition) is 1. The number of nitrogens with zero attached hydrogens (tertiary/aromatic N) is 2. The molecule has 3 aliphatic rings. The molecule has 3 aromatic carbocycles. The maximum Gasteiger partial charge on any atom is 0.160 e. The van der Waals surface area contributed by atoms with E-state index in [0.29, 0.717) is 5.82 Å².